The number of hydrogen-bond acceptors (Lipinski definition) is 4. The number of benzene rings is 5. The molecule has 4 nitrogen and oxygen atoms in total. The van der Waals surface area contributed by atoms with E-state index in [1.807, 2.05) is 66.7 Å². The Balaban J connectivity index is 1.34. The molecule has 0 saturated heterocycles. The molecule has 0 fully saturated rings. The monoisotopic (exact) mass is 454 g/mol. The van der Waals surface area contributed by atoms with Gasteiger partial charge >= 0.3 is 5.97 Å². The maximum Gasteiger partial charge on any atom is 0.343 e. The van der Waals surface area contributed by atoms with Crippen molar-refractivity contribution in [1.82, 2.24) is 0 Å². The molecule has 0 unspecified atom stereocenters. The van der Waals surface area contributed by atoms with E-state index in [0.29, 0.717) is 11.3 Å². The SMILES string of the molecule is O=C(Oc1ccc2oc3cc4c(cc3c2c1)oc1ccc(-c2ccccc2)cc14)c1ccccc1. The summed E-state index contributed by atoms with van der Waals surface area (Å²) in [6, 6.07) is 34.9. The van der Waals surface area contributed by atoms with Gasteiger partial charge in [-0.25, -0.2) is 4.79 Å². The minimum atomic E-state index is -0.397. The van der Waals surface area contributed by atoms with E-state index in [-0.39, 0.29) is 0 Å². The molecule has 2 aromatic heterocycles. The summed E-state index contributed by atoms with van der Waals surface area (Å²) in [4.78, 5) is 12.5. The molecule has 2 heterocycles. The largest absolute Gasteiger partial charge is 0.456 e. The molecule has 35 heavy (non-hydrogen) atoms. The molecule has 0 atom stereocenters. The highest BCUT2D eigenvalue weighted by molar-refractivity contribution is 6.15. The Kier molecular flexibility index (Phi) is 4.26. The number of hydrogen-bond donors (Lipinski definition) is 0. The second-order valence-corrected chi connectivity index (χ2v) is 8.54. The van der Waals surface area contributed by atoms with Gasteiger partial charge in [-0.3, -0.25) is 0 Å². The molecule has 0 spiro atoms. The normalized spacial score (nSPS) is 11.5. The Hall–Kier alpha value is -4.83. The second-order valence-electron chi connectivity index (χ2n) is 8.54. The second kappa shape index (κ2) is 7.61. The summed E-state index contributed by atoms with van der Waals surface area (Å²) in [7, 11) is 0. The van der Waals surface area contributed by atoms with E-state index >= 15 is 0 Å². The first-order valence-corrected chi connectivity index (χ1v) is 11.4. The summed E-state index contributed by atoms with van der Waals surface area (Å²) < 4.78 is 18.0. The van der Waals surface area contributed by atoms with Crippen molar-refractivity contribution in [2.45, 2.75) is 0 Å². The number of furan rings is 2. The number of fused-ring (bicyclic) bond motifs is 6. The standard InChI is InChI=1S/C31H18O4/c32-31(20-9-5-2-6-10-20)33-22-12-14-28-24(16-22)26-18-29-25(17-30(26)35-28)23-15-21(11-13-27(23)34-29)19-7-3-1-4-8-19/h1-18H. The van der Waals surface area contributed by atoms with Gasteiger partial charge in [0.1, 0.15) is 28.1 Å². The van der Waals surface area contributed by atoms with Crippen LogP contribution in [0, 0.1) is 0 Å². The number of ether oxygens (including phenoxy) is 1. The van der Waals surface area contributed by atoms with Crippen molar-refractivity contribution in [1.29, 1.82) is 0 Å². The maximum absolute atomic E-state index is 12.5. The fraction of sp³-hybridized carbons (Fsp3) is 0. The molecule has 7 rings (SSSR count). The molecule has 0 aliphatic carbocycles. The lowest BCUT2D eigenvalue weighted by Crippen LogP contribution is -2.07. The third-order valence-electron chi connectivity index (χ3n) is 6.36. The summed E-state index contributed by atoms with van der Waals surface area (Å²) in [5.74, 6) is 0.0675. The van der Waals surface area contributed by atoms with Crippen molar-refractivity contribution >= 4 is 49.8 Å². The van der Waals surface area contributed by atoms with E-state index in [4.69, 9.17) is 13.6 Å². The van der Waals surface area contributed by atoms with Crippen LogP contribution in [0.3, 0.4) is 0 Å². The van der Waals surface area contributed by atoms with Crippen molar-refractivity contribution < 1.29 is 18.4 Å². The fourth-order valence-electron chi connectivity index (χ4n) is 4.64. The van der Waals surface area contributed by atoms with Crippen molar-refractivity contribution in [3.63, 3.8) is 0 Å². The lowest BCUT2D eigenvalue weighted by Gasteiger charge is -2.04. The zero-order valence-electron chi connectivity index (χ0n) is 18.5. The third kappa shape index (κ3) is 3.27. The van der Waals surface area contributed by atoms with Gasteiger partial charge in [0.25, 0.3) is 0 Å². The van der Waals surface area contributed by atoms with E-state index in [9.17, 15) is 4.79 Å². The summed E-state index contributed by atoms with van der Waals surface area (Å²) in [5.41, 5.74) is 5.89. The van der Waals surface area contributed by atoms with E-state index in [1.165, 1.54) is 0 Å². The van der Waals surface area contributed by atoms with Crippen molar-refractivity contribution in [2.24, 2.45) is 0 Å². The number of carbonyl (C=O) groups is 1. The summed E-state index contributed by atoms with van der Waals surface area (Å²) in [6.45, 7) is 0. The zero-order valence-corrected chi connectivity index (χ0v) is 18.5. The Labute approximate surface area is 200 Å². The Morgan fingerprint density at radius 1 is 0.514 bits per heavy atom. The smallest absolute Gasteiger partial charge is 0.343 e. The first-order chi connectivity index (χ1) is 17.2. The number of esters is 1. The van der Waals surface area contributed by atoms with Gasteiger partial charge in [0.15, 0.2) is 0 Å². The van der Waals surface area contributed by atoms with Crippen LogP contribution in [0.1, 0.15) is 10.4 Å². The van der Waals surface area contributed by atoms with Gasteiger partial charge in [-0.1, -0.05) is 54.6 Å². The highest BCUT2D eigenvalue weighted by Crippen LogP contribution is 2.38. The minimum Gasteiger partial charge on any atom is -0.456 e. The Morgan fingerprint density at radius 3 is 1.77 bits per heavy atom. The maximum atomic E-state index is 12.5. The Bertz CT molecular complexity index is 1880. The fourth-order valence-corrected chi connectivity index (χ4v) is 4.64. The first kappa shape index (κ1) is 19.6. The first-order valence-electron chi connectivity index (χ1n) is 11.4. The van der Waals surface area contributed by atoms with Crippen molar-refractivity contribution in [3.8, 4) is 16.9 Å². The van der Waals surface area contributed by atoms with Crippen LogP contribution in [-0.2, 0) is 0 Å². The van der Waals surface area contributed by atoms with Crippen LogP contribution >= 0.6 is 0 Å². The third-order valence-corrected chi connectivity index (χ3v) is 6.36. The molecule has 166 valence electrons. The molecule has 0 radical (unpaired) electrons. The van der Waals surface area contributed by atoms with Crippen molar-refractivity contribution in [3.05, 3.63) is 115 Å². The van der Waals surface area contributed by atoms with Crippen LogP contribution in [-0.4, -0.2) is 5.97 Å². The molecular formula is C31H18O4. The molecule has 0 aliphatic rings. The average molecular weight is 454 g/mol. The predicted octanol–water partition coefficient (Wildman–Crippen LogP) is 8.37. The molecule has 0 amide bonds. The van der Waals surface area contributed by atoms with E-state index < -0.39 is 5.97 Å². The van der Waals surface area contributed by atoms with Gasteiger partial charge < -0.3 is 13.6 Å². The van der Waals surface area contributed by atoms with E-state index in [2.05, 4.69) is 24.3 Å². The summed E-state index contributed by atoms with van der Waals surface area (Å²) in [6.07, 6.45) is 0. The van der Waals surface area contributed by atoms with Gasteiger partial charge in [0, 0.05) is 21.5 Å². The highest BCUT2D eigenvalue weighted by Gasteiger charge is 2.16. The Morgan fingerprint density at radius 2 is 1.09 bits per heavy atom. The van der Waals surface area contributed by atoms with Crippen LogP contribution in [0.15, 0.2) is 118 Å². The molecule has 7 aromatic rings. The van der Waals surface area contributed by atoms with Crippen LogP contribution in [0.25, 0.3) is 55.0 Å². The minimum absolute atomic E-state index is 0.397. The average Bonchev–Trinajstić information content (AvgIpc) is 3.45. The van der Waals surface area contributed by atoms with E-state index in [1.54, 1.807) is 18.2 Å². The lowest BCUT2D eigenvalue weighted by molar-refractivity contribution is 0.0735. The van der Waals surface area contributed by atoms with Gasteiger partial charge in [0.05, 0.1) is 5.56 Å². The lowest BCUT2D eigenvalue weighted by atomic mass is 10.0. The highest BCUT2D eigenvalue weighted by atomic mass is 16.5. The summed E-state index contributed by atoms with van der Waals surface area (Å²) in [5, 5.41) is 3.82. The van der Waals surface area contributed by atoms with Crippen LogP contribution in [0.5, 0.6) is 5.75 Å². The topological polar surface area (TPSA) is 52.6 Å². The van der Waals surface area contributed by atoms with Gasteiger partial charge in [-0.2, -0.15) is 0 Å². The molecule has 0 N–H and O–H groups in total. The number of carbonyl (C=O) groups excluding carboxylic acids is 1. The van der Waals surface area contributed by atoms with Gasteiger partial charge in [-0.05, 0) is 65.7 Å². The van der Waals surface area contributed by atoms with Crippen LogP contribution in [0.2, 0.25) is 0 Å². The van der Waals surface area contributed by atoms with E-state index in [0.717, 1.165) is 55.0 Å². The molecule has 5 aromatic carbocycles. The zero-order chi connectivity index (χ0) is 23.4. The van der Waals surface area contributed by atoms with Gasteiger partial charge in [0.2, 0.25) is 0 Å². The molecule has 0 aliphatic heterocycles. The van der Waals surface area contributed by atoms with Crippen LogP contribution in [0.4, 0.5) is 0 Å². The van der Waals surface area contributed by atoms with Gasteiger partial charge in [-0.15, -0.1) is 0 Å². The number of rotatable bonds is 3. The van der Waals surface area contributed by atoms with Crippen LogP contribution < -0.4 is 4.74 Å². The summed E-state index contributed by atoms with van der Waals surface area (Å²) >= 11 is 0. The molecule has 4 heteroatoms. The predicted molar refractivity (Wildman–Crippen MR) is 138 cm³/mol. The quantitative estimate of drug-likeness (QED) is 0.199. The molecular weight excluding hydrogens is 436 g/mol. The molecule has 0 bridgehead atoms. The van der Waals surface area contributed by atoms with Crippen molar-refractivity contribution in [2.75, 3.05) is 0 Å². The molecule has 0 saturated carbocycles.